The minimum Gasteiger partial charge on any atom is -0.481 e. The first kappa shape index (κ1) is 20.7. The molecule has 4 aromatic rings. The molecular weight excluding hydrogens is 416 g/mol. The van der Waals surface area contributed by atoms with Gasteiger partial charge in [0.1, 0.15) is 0 Å². The fraction of sp³-hybridized carbons (Fsp3) is 0.259. The zero-order valence-corrected chi connectivity index (χ0v) is 18.6. The Labute approximate surface area is 192 Å². The first-order valence-electron chi connectivity index (χ1n) is 11.2. The van der Waals surface area contributed by atoms with Crippen LogP contribution in [0.25, 0.3) is 21.3 Å². The Hall–Kier alpha value is -3.18. The number of fused-ring (bicyclic) bond motifs is 1. The number of nitrogens with zero attached hydrogens (tertiary/aromatic N) is 1. The predicted octanol–water partition coefficient (Wildman–Crippen LogP) is 7.46. The lowest BCUT2D eigenvalue weighted by Crippen LogP contribution is -2.16. The van der Waals surface area contributed by atoms with Gasteiger partial charge in [-0.1, -0.05) is 59.9 Å². The van der Waals surface area contributed by atoms with Crippen molar-refractivity contribution in [3.8, 4) is 11.1 Å². The average molecular weight is 443 g/mol. The summed E-state index contributed by atoms with van der Waals surface area (Å²) in [7, 11) is 0. The van der Waals surface area contributed by atoms with Gasteiger partial charge < -0.3 is 10.4 Å². The molecule has 0 spiro atoms. The van der Waals surface area contributed by atoms with Crippen LogP contribution in [0.2, 0.25) is 0 Å². The van der Waals surface area contributed by atoms with E-state index in [-0.39, 0.29) is 0 Å². The zero-order chi connectivity index (χ0) is 21.9. The van der Waals surface area contributed by atoms with E-state index in [9.17, 15) is 4.79 Å². The molecule has 1 aromatic heterocycles. The molecule has 0 aliphatic heterocycles. The molecule has 2 N–H and O–H groups in total. The zero-order valence-electron chi connectivity index (χ0n) is 17.8. The van der Waals surface area contributed by atoms with Crippen molar-refractivity contribution in [1.82, 2.24) is 4.98 Å². The number of nitrogens with one attached hydrogen (secondary N) is 1. The highest BCUT2D eigenvalue weighted by Gasteiger charge is 2.23. The van der Waals surface area contributed by atoms with Gasteiger partial charge in [-0.25, -0.2) is 4.98 Å². The van der Waals surface area contributed by atoms with Crippen molar-refractivity contribution < 1.29 is 9.90 Å². The molecule has 0 bridgehead atoms. The van der Waals surface area contributed by atoms with Gasteiger partial charge in [0, 0.05) is 12.1 Å². The van der Waals surface area contributed by atoms with Gasteiger partial charge in [0.2, 0.25) is 0 Å². The number of carbonyl (C=O) groups is 1. The Bertz CT molecular complexity index is 1170. The van der Waals surface area contributed by atoms with Crippen molar-refractivity contribution in [3.63, 3.8) is 0 Å². The summed E-state index contributed by atoms with van der Waals surface area (Å²) in [4.78, 5) is 15.6. The van der Waals surface area contributed by atoms with Gasteiger partial charge in [-0.2, -0.15) is 0 Å². The van der Waals surface area contributed by atoms with Crippen molar-refractivity contribution in [1.29, 1.82) is 0 Å². The largest absolute Gasteiger partial charge is 0.481 e. The van der Waals surface area contributed by atoms with Crippen LogP contribution in [0.1, 0.15) is 43.6 Å². The molecule has 0 saturated heterocycles. The minimum atomic E-state index is -0.667. The van der Waals surface area contributed by atoms with Gasteiger partial charge in [0.25, 0.3) is 0 Å². The third-order valence-corrected chi connectivity index (χ3v) is 7.41. The smallest absolute Gasteiger partial charge is 0.303 e. The van der Waals surface area contributed by atoms with Gasteiger partial charge in [0.15, 0.2) is 5.13 Å². The van der Waals surface area contributed by atoms with Crippen LogP contribution in [0.4, 0.5) is 10.8 Å². The van der Waals surface area contributed by atoms with E-state index in [1.807, 2.05) is 18.2 Å². The average Bonchev–Trinajstić information content (AvgIpc) is 3.22. The Balaban J connectivity index is 1.22. The molecule has 4 nitrogen and oxygen atoms in total. The van der Waals surface area contributed by atoms with Crippen LogP contribution in [-0.2, 0) is 4.79 Å². The third-order valence-electron chi connectivity index (χ3n) is 6.46. The summed E-state index contributed by atoms with van der Waals surface area (Å²) in [6.07, 6.45) is 4.52. The molecule has 1 aliphatic carbocycles. The molecule has 162 valence electrons. The van der Waals surface area contributed by atoms with E-state index in [4.69, 9.17) is 5.11 Å². The molecular formula is C27H26N2O2S. The molecule has 1 heterocycles. The van der Waals surface area contributed by atoms with Gasteiger partial charge in [-0.3, -0.25) is 4.79 Å². The summed E-state index contributed by atoms with van der Waals surface area (Å²) >= 11 is 1.66. The molecule has 1 saturated carbocycles. The summed E-state index contributed by atoms with van der Waals surface area (Å²) in [5.41, 5.74) is 5.82. The number of carboxylic acid groups (broad SMARTS) is 1. The summed E-state index contributed by atoms with van der Waals surface area (Å²) in [6, 6.07) is 25.5. The van der Waals surface area contributed by atoms with E-state index in [0.29, 0.717) is 18.3 Å². The van der Waals surface area contributed by atoms with E-state index in [2.05, 4.69) is 64.9 Å². The van der Waals surface area contributed by atoms with Crippen LogP contribution in [0, 0.1) is 5.92 Å². The van der Waals surface area contributed by atoms with Crippen molar-refractivity contribution in [2.24, 2.45) is 5.92 Å². The molecule has 1 aliphatic rings. The van der Waals surface area contributed by atoms with Crippen LogP contribution in [0.3, 0.4) is 0 Å². The van der Waals surface area contributed by atoms with E-state index in [0.717, 1.165) is 42.0 Å². The SMILES string of the molecule is O=C(O)CC1CCC(c2ccc(-c3ccc(Nc4nc5ccccc5s4)cc3)cc2)CC1. The molecule has 5 rings (SSSR count). The lowest BCUT2D eigenvalue weighted by atomic mass is 9.77. The predicted molar refractivity (Wildman–Crippen MR) is 132 cm³/mol. The number of carboxylic acids is 1. The monoisotopic (exact) mass is 442 g/mol. The normalized spacial score (nSPS) is 18.5. The Morgan fingerprint density at radius 3 is 2.22 bits per heavy atom. The van der Waals surface area contributed by atoms with E-state index in [1.54, 1.807) is 11.3 Å². The topological polar surface area (TPSA) is 62.2 Å². The molecule has 3 aromatic carbocycles. The molecule has 0 atom stereocenters. The number of para-hydroxylation sites is 1. The molecule has 5 heteroatoms. The highest BCUT2D eigenvalue weighted by atomic mass is 32.1. The van der Waals surface area contributed by atoms with Crippen molar-refractivity contribution in [2.75, 3.05) is 5.32 Å². The van der Waals surface area contributed by atoms with Crippen LogP contribution in [-0.4, -0.2) is 16.1 Å². The number of thiazole rings is 1. The Kier molecular flexibility index (Phi) is 5.91. The highest BCUT2D eigenvalue weighted by Crippen LogP contribution is 2.37. The molecule has 32 heavy (non-hydrogen) atoms. The first-order chi connectivity index (χ1) is 15.6. The number of hydrogen-bond donors (Lipinski definition) is 2. The van der Waals surface area contributed by atoms with Gasteiger partial charge >= 0.3 is 5.97 Å². The van der Waals surface area contributed by atoms with E-state index in [1.165, 1.54) is 21.4 Å². The molecule has 0 unspecified atom stereocenters. The van der Waals surface area contributed by atoms with E-state index < -0.39 is 5.97 Å². The third kappa shape index (κ3) is 4.68. The second kappa shape index (κ2) is 9.13. The Morgan fingerprint density at radius 1 is 0.906 bits per heavy atom. The van der Waals surface area contributed by atoms with Gasteiger partial charge in [-0.15, -0.1) is 0 Å². The Morgan fingerprint density at radius 2 is 1.56 bits per heavy atom. The summed E-state index contributed by atoms with van der Waals surface area (Å²) < 4.78 is 1.18. The number of benzene rings is 3. The summed E-state index contributed by atoms with van der Waals surface area (Å²) in [5.74, 6) is 0.228. The van der Waals surface area contributed by atoms with Gasteiger partial charge in [0.05, 0.1) is 10.2 Å². The fourth-order valence-electron chi connectivity index (χ4n) is 4.69. The van der Waals surface area contributed by atoms with Crippen LogP contribution in [0.5, 0.6) is 0 Å². The number of aliphatic carboxylic acids is 1. The lowest BCUT2D eigenvalue weighted by molar-refractivity contribution is -0.138. The number of hydrogen-bond acceptors (Lipinski definition) is 4. The van der Waals surface area contributed by atoms with Crippen molar-refractivity contribution >= 4 is 38.3 Å². The summed E-state index contributed by atoms with van der Waals surface area (Å²) in [5, 5.41) is 13.3. The summed E-state index contributed by atoms with van der Waals surface area (Å²) in [6.45, 7) is 0. The van der Waals surface area contributed by atoms with Crippen molar-refractivity contribution in [3.05, 3.63) is 78.4 Å². The van der Waals surface area contributed by atoms with Gasteiger partial charge in [-0.05, 0) is 78.5 Å². The first-order valence-corrected chi connectivity index (χ1v) is 12.0. The molecule has 1 fully saturated rings. The molecule has 0 amide bonds. The fourth-order valence-corrected chi connectivity index (χ4v) is 5.58. The maximum absolute atomic E-state index is 10.9. The number of rotatable bonds is 6. The minimum absolute atomic E-state index is 0.315. The standard InChI is InChI=1S/C27H26N2O2S/c30-26(31)17-18-5-7-19(8-6-18)20-9-11-21(12-10-20)22-13-15-23(16-14-22)28-27-29-24-3-1-2-4-25(24)32-27/h1-4,9-16,18-19H,5-8,17H2,(H,28,29)(H,30,31). The molecule has 0 radical (unpaired) electrons. The second-order valence-corrected chi connectivity index (χ2v) is 9.66. The van der Waals surface area contributed by atoms with Crippen LogP contribution < -0.4 is 5.32 Å². The van der Waals surface area contributed by atoms with Crippen LogP contribution >= 0.6 is 11.3 Å². The second-order valence-electron chi connectivity index (χ2n) is 8.63. The number of aromatic nitrogens is 1. The number of anilines is 2. The van der Waals surface area contributed by atoms with Crippen LogP contribution in [0.15, 0.2) is 72.8 Å². The van der Waals surface area contributed by atoms with E-state index >= 15 is 0 Å². The highest BCUT2D eigenvalue weighted by molar-refractivity contribution is 7.22. The lowest BCUT2D eigenvalue weighted by Gasteiger charge is -2.28. The maximum atomic E-state index is 10.9. The van der Waals surface area contributed by atoms with Crippen molar-refractivity contribution in [2.45, 2.75) is 38.0 Å². The quantitative estimate of drug-likeness (QED) is 0.325. The maximum Gasteiger partial charge on any atom is 0.303 e.